The number of aromatic nitrogens is 3. The summed E-state index contributed by atoms with van der Waals surface area (Å²) >= 11 is 1.37. The van der Waals surface area contributed by atoms with Crippen molar-refractivity contribution in [3.63, 3.8) is 0 Å². The molecule has 3 rings (SSSR count). The Hall–Kier alpha value is -2.11. The lowest BCUT2D eigenvalue weighted by molar-refractivity contribution is -0.129. The third kappa shape index (κ3) is 5.24. The maximum atomic E-state index is 12.4. The summed E-state index contributed by atoms with van der Waals surface area (Å²) in [5.74, 6) is 1.09. The standard InChI is InChI=1S/C17H24N6O3S2/c1-21-8-10-23(11-9-21)15(24)12-27-17-19-18-16(22(17)2)13-4-6-14(7-5-13)20-28(3,25)26/h4-7,20H,8-12H2,1-3H3. The number of hydrogen-bond donors (Lipinski definition) is 1. The van der Waals surface area contributed by atoms with Gasteiger partial charge in [-0.15, -0.1) is 10.2 Å². The first-order valence-corrected chi connectivity index (χ1v) is 11.7. The van der Waals surface area contributed by atoms with Gasteiger partial charge in [0.25, 0.3) is 0 Å². The third-order valence-corrected chi connectivity index (χ3v) is 6.07. The molecule has 1 saturated heterocycles. The molecule has 1 aromatic carbocycles. The minimum Gasteiger partial charge on any atom is -0.339 e. The largest absolute Gasteiger partial charge is 0.339 e. The van der Waals surface area contributed by atoms with Gasteiger partial charge in [-0.1, -0.05) is 11.8 Å². The molecule has 0 bridgehead atoms. The quantitative estimate of drug-likeness (QED) is 0.682. The molecule has 1 fully saturated rings. The lowest BCUT2D eigenvalue weighted by Crippen LogP contribution is -2.47. The number of piperazine rings is 1. The number of hydrogen-bond acceptors (Lipinski definition) is 7. The molecule has 1 aliphatic heterocycles. The monoisotopic (exact) mass is 424 g/mol. The van der Waals surface area contributed by atoms with E-state index in [2.05, 4.69) is 26.9 Å². The highest BCUT2D eigenvalue weighted by atomic mass is 32.2. The zero-order chi connectivity index (χ0) is 20.3. The van der Waals surface area contributed by atoms with Crippen LogP contribution in [0.1, 0.15) is 0 Å². The lowest BCUT2D eigenvalue weighted by Gasteiger charge is -2.32. The van der Waals surface area contributed by atoms with Crippen LogP contribution < -0.4 is 4.72 Å². The van der Waals surface area contributed by atoms with Crippen LogP contribution in [0.5, 0.6) is 0 Å². The molecular weight excluding hydrogens is 400 g/mol. The number of thioether (sulfide) groups is 1. The lowest BCUT2D eigenvalue weighted by atomic mass is 10.2. The Labute approximate surface area is 169 Å². The van der Waals surface area contributed by atoms with Crippen molar-refractivity contribution in [2.75, 3.05) is 50.0 Å². The zero-order valence-corrected chi connectivity index (χ0v) is 17.8. The number of nitrogens with one attached hydrogen (secondary N) is 1. The number of amides is 1. The fourth-order valence-corrected chi connectivity index (χ4v) is 4.24. The molecular formula is C17H24N6O3S2. The number of nitrogens with zero attached hydrogens (tertiary/aromatic N) is 5. The summed E-state index contributed by atoms with van der Waals surface area (Å²) < 4.78 is 26.9. The molecule has 0 saturated carbocycles. The molecule has 2 heterocycles. The summed E-state index contributed by atoms with van der Waals surface area (Å²) in [7, 11) is 0.593. The summed E-state index contributed by atoms with van der Waals surface area (Å²) in [4.78, 5) is 16.5. The van der Waals surface area contributed by atoms with E-state index in [9.17, 15) is 13.2 Å². The van der Waals surface area contributed by atoms with Gasteiger partial charge in [0.1, 0.15) is 0 Å². The van der Waals surface area contributed by atoms with Gasteiger partial charge >= 0.3 is 0 Å². The summed E-state index contributed by atoms with van der Waals surface area (Å²) in [5, 5.41) is 9.06. The fraction of sp³-hybridized carbons (Fsp3) is 0.471. The highest BCUT2D eigenvalue weighted by molar-refractivity contribution is 7.99. The molecule has 9 nitrogen and oxygen atoms in total. The SMILES string of the molecule is CN1CCN(C(=O)CSc2nnc(-c3ccc(NS(C)(=O)=O)cc3)n2C)CC1. The number of rotatable bonds is 6. The topological polar surface area (TPSA) is 100 Å². The van der Waals surface area contributed by atoms with Crippen molar-refractivity contribution in [3.8, 4) is 11.4 Å². The second kappa shape index (κ2) is 8.50. The first kappa shape index (κ1) is 20.6. The van der Waals surface area contributed by atoms with Gasteiger partial charge in [-0.3, -0.25) is 9.52 Å². The van der Waals surface area contributed by atoms with E-state index < -0.39 is 10.0 Å². The molecule has 0 atom stereocenters. The molecule has 0 aliphatic carbocycles. The Morgan fingerprint density at radius 2 is 1.75 bits per heavy atom. The summed E-state index contributed by atoms with van der Waals surface area (Å²) in [6.45, 7) is 3.31. The Balaban J connectivity index is 1.63. The average molecular weight is 425 g/mol. The van der Waals surface area contributed by atoms with Crippen molar-refractivity contribution >= 4 is 33.4 Å². The van der Waals surface area contributed by atoms with Gasteiger partial charge in [-0.05, 0) is 31.3 Å². The van der Waals surface area contributed by atoms with Gasteiger partial charge in [0.2, 0.25) is 15.9 Å². The molecule has 1 aromatic heterocycles. The van der Waals surface area contributed by atoms with Crippen LogP contribution in [0.3, 0.4) is 0 Å². The Kier molecular flexibility index (Phi) is 6.26. The van der Waals surface area contributed by atoms with Crippen LogP contribution in [0.2, 0.25) is 0 Å². The molecule has 0 radical (unpaired) electrons. The molecule has 1 N–H and O–H groups in total. The Bertz CT molecular complexity index is 934. The highest BCUT2D eigenvalue weighted by Gasteiger charge is 2.20. The van der Waals surface area contributed by atoms with Crippen molar-refractivity contribution in [2.45, 2.75) is 5.16 Å². The van der Waals surface area contributed by atoms with Gasteiger partial charge in [0.15, 0.2) is 11.0 Å². The van der Waals surface area contributed by atoms with Gasteiger partial charge < -0.3 is 14.4 Å². The average Bonchev–Trinajstić information content (AvgIpc) is 3.00. The van der Waals surface area contributed by atoms with Gasteiger partial charge in [-0.2, -0.15) is 0 Å². The summed E-state index contributed by atoms with van der Waals surface area (Å²) in [5.41, 5.74) is 1.30. The van der Waals surface area contributed by atoms with Crippen LogP contribution in [0.4, 0.5) is 5.69 Å². The number of carbonyl (C=O) groups excluding carboxylic acids is 1. The second-order valence-corrected chi connectivity index (χ2v) is 9.48. The van der Waals surface area contributed by atoms with Crippen molar-refractivity contribution in [1.29, 1.82) is 0 Å². The predicted molar refractivity (Wildman–Crippen MR) is 110 cm³/mol. The summed E-state index contributed by atoms with van der Waals surface area (Å²) in [6, 6.07) is 6.91. The van der Waals surface area contributed by atoms with E-state index in [0.717, 1.165) is 38.0 Å². The maximum Gasteiger partial charge on any atom is 0.233 e. The number of anilines is 1. The van der Waals surface area contributed by atoms with E-state index in [0.29, 0.717) is 22.4 Å². The van der Waals surface area contributed by atoms with Crippen LogP contribution in [-0.2, 0) is 21.9 Å². The van der Waals surface area contributed by atoms with Crippen LogP contribution >= 0.6 is 11.8 Å². The Morgan fingerprint density at radius 1 is 1.11 bits per heavy atom. The van der Waals surface area contributed by atoms with Crippen molar-refractivity contribution in [2.24, 2.45) is 7.05 Å². The first-order valence-electron chi connectivity index (χ1n) is 8.79. The van der Waals surface area contributed by atoms with E-state index in [1.54, 1.807) is 24.3 Å². The van der Waals surface area contributed by atoms with E-state index in [-0.39, 0.29) is 5.91 Å². The number of sulfonamides is 1. The van der Waals surface area contributed by atoms with E-state index >= 15 is 0 Å². The number of carbonyl (C=O) groups is 1. The van der Waals surface area contributed by atoms with Gasteiger partial charge in [0, 0.05) is 44.5 Å². The molecule has 152 valence electrons. The molecule has 0 unspecified atom stereocenters. The minimum atomic E-state index is -3.31. The summed E-state index contributed by atoms with van der Waals surface area (Å²) in [6.07, 6.45) is 1.11. The van der Waals surface area contributed by atoms with Crippen LogP contribution in [0.25, 0.3) is 11.4 Å². The third-order valence-electron chi connectivity index (χ3n) is 4.46. The zero-order valence-electron chi connectivity index (χ0n) is 16.1. The van der Waals surface area contributed by atoms with Crippen molar-refractivity contribution in [3.05, 3.63) is 24.3 Å². The predicted octanol–water partition coefficient (Wildman–Crippen LogP) is 0.720. The van der Waals surface area contributed by atoms with E-state index in [1.807, 2.05) is 16.5 Å². The normalized spacial score (nSPS) is 15.6. The van der Waals surface area contributed by atoms with Crippen LogP contribution in [0, 0.1) is 0 Å². The fourth-order valence-electron chi connectivity index (χ4n) is 2.87. The molecule has 1 amide bonds. The van der Waals surface area contributed by atoms with E-state index in [4.69, 9.17) is 0 Å². The minimum absolute atomic E-state index is 0.110. The Morgan fingerprint density at radius 3 is 2.36 bits per heavy atom. The maximum absolute atomic E-state index is 12.4. The molecule has 28 heavy (non-hydrogen) atoms. The highest BCUT2D eigenvalue weighted by Crippen LogP contribution is 2.24. The smallest absolute Gasteiger partial charge is 0.233 e. The molecule has 11 heteroatoms. The van der Waals surface area contributed by atoms with Gasteiger partial charge in [0.05, 0.1) is 12.0 Å². The van der Waals surface area contributed by atoms with Crippen molar-refractivity contribution in [1.82, 2.24) is 24.6 Å². The van der Waals surface area contributed by atoms with Crippen LogP contribution in [-0.4, -0.2) is 84.1 Å². The van der Waals surface area contributed by atoms with Crippen molar-refractivity contribution < 1.29 is 13.2 Å². The van der Waals surface area contributed by atoms with E-state index in [1.165, 1.54) is 11.8 Å². The van der Waals surface area contributed by atoms with Crippen LogP contribution in [0.15, 0.2) is 29.4 Å². The second-order valence-electron chi connectivity index (χ2n) is 6.79. The molecule has 0 spiro atoms. The molecule has 1 aliphatic rings. The first-order chi connectivity index (χ1) is 13.2. The van der Waals surface area contributed by atoms with Gasteiger partial charge in [-0.25, -0.2) is 8.42 Å². The number of likely N-dealkylation sites (N-methyl/N-ethyl adjacent to an activating group) is 1. The molecule has 2 aromatic rings. The number of benzene rings is 1.